The highest BCUT2D eigenvalue weighted by Crippen LogP contribution is 2.34. The Labute approximate surface area is 122 Å². The molecule has 0 amide bonds. The first kappa shape index (κ1) is 13.6. The summed E-state index contributed by atoms with van der Waals surface area (Å²) in [6.07, 6.45) is 6.41. The Balaban J connectivity index is 1.82. The van der Waals surface area contributed by atoms with Crippen molar-refractivity contribution in [2.24, 2.45) is 0 Å². The van der Waals surface area contributed by atoms with Crippen molar-refractivity contribution >= 4 is 28.7 Å². The van der Waals surface area contributed by atoms with Crippen LogP contribution in [0.5, 0.6) is 0 Å². The van der Waals surface area contributed by atoms with Gasteiger partial charge in [-0.3, -0.25) is 0 Å². The van der Waals surface area contributed by atoms with E-state index in [2.05, 4.69) is 0 Å². The van der Waals surface area contributed by atoms with E-state index >= 15 is 0 Å². The first-order chi connectivity index (χ1) is 9.75. The predicted molar refractivity (Wildman–Crippen MR) is 81.3 cm³/mol. The Kier molecular flexibility index (Phi) is 4.01. The van der Waals surface area contributed by atoms with E-state index in [1.54, 1.807) is 0 Å². The van der Waals surface area contributed by atoms with E-state index in [1.165, 1.54) is 32.1 Å². The molecule has 1 fully saturated rings. The van der Waals surface area contributed by atoms with Gasteiger partial charge in [0.15, 0.2) is 0 Å². The second-order valence-electron chi connectivity index (χ2n) is 5.27. The van der Waals surface area contributed by atoms with E-state index in [9.17, 15) is 9.90 Å². The second-order valence-corrected chi connectivity index (χ2v) is 6.56. The molecule has 4 heteroatoms. The zero-order valence-corrected chi connectivity index (χ0v) is 12.1. The van der Waals surface area contributed by atoms with Crippen LogP contribution >= 0.6 is 11.8 Å². The summed E-state index contributed by atoms with van der Waals surface area (Å²) >= 11 is 1.84. The number of carboxylic acids is 1. The molecule has 0 unspecified atom stereocenters. The molecule has 0 saturated heterocycles. The number of benzene rings is 1. The predicted octanol–water partition coefficient (Wildman–Crippen LogP) is 4.70. The summed E-state index contributed by atoms with van der Waals surface area (Å²) in [6.45, 7) is 0. The van der Waals surface area contributed by atoms with Gasteiger partial charge >= 0.3 is 5.97 Å². The standard InChI is InChI=1S/C16H18O3S/c17-16(18)15-12-8-4-5-9-13(12)19-14(15)10-20-11-6-2-1-3-7-11/h4-5,8-9,11H,1-3,6-7,10H2,(H,17,18). The molecule has 3 rings (SSSR count). The molecule has 0 radical (unpaired) electrons. The third kappa shape index (κ3) is 2.70. The number of para-hydroxylation sites is 1. The summed E-state index contributed by atoms with van der Waals surface area (Å²) < 4.78 is 5.75. The van der Waals surface area contributed by atoms with Crippen molar-refractivity contribution in [3.63, 3.8) is 0 Å². The molecule has 1 N–H and O–H groups in total. The van der Waals surface area contributed by atoms with Crippen LogP contribution in [0.15, 0.2) is 28.7 Å². The lowest BCUT2D eigenvalue weighted by atomic mass is 10.0. The molecule has 1 aliphatic rings. The average molecular weight is 290 g/mol. The number of rotatable bonds is 4. The van der Waals surface area contributed by atoms with Crippen molar-refractivity contribution in [2.45, 2.75) is 43.1 Å². The molecular formula is C16H18O3S. The summed E-state index contributed by atoms with van der Waals surface area (Å²) in [7, 11) is 0. The minimum Gasteiger partial charge on any atom is -0.478 e. The van der Waals surface area contributed by atoms with Gasteiger partial charge in [-0.1, -0.05) is 37.5 Å². The first-order valence-electron chi connectivity index (χ1n) is 7.11. The van der Waals surface area contributed by atoms with Crippen molar-refractivity contribution in [1.29, 1.82) is 0 Å². The van der Waals surface area contributed by atoms with Crippen LogP contribution in [0, 0.1) is 0 Å². The molecule has 0 spiro atoms. The van der Waals surface area contributed by atoms with Crippen molar-refractivity contribution < 1.29 is 14.3 Å². The van der Waals surface area contributed by atoms with Crippen LogP contribution in [0.1, 0.15) is 48.2 Å². The van der Waals surface area contributed by atoms with Gasteiger partial charge in [-0.15, -0.1) is 0 Å². The summed E-state index contributed by atoms with van der Waals surface area (Å²) in [5.74, 6) is 0.365. The van der Waals surface area contributed by atoms with Crippen LogP contribution in [0.4, 0.5) is 0 Å². The molecule has 1 aromatic heterocycles. The number of furan rings is 1. The molecule has 2 aromatic rings. The Hall–Kier alpha value is -1.42. The second kappa shape index (κ2) is 5.92. The third-order valence-corrected chi connectivity index (χ3v) is 5.26. The molecule has 0 bridgehead atoms. The van der Waals surface area contributed by atoms with Gasteiger partial charge in [0.05, 0.1) is 5.75 Å². The Morgan fingerprint density at radius 3 is 2.75 bits per heavy atom. The number of carbonyl (C=O) groups is 1. The van der Waals surface area contributed by atoms with Crippen molar-refractivity contribution in [2.75, 3.05) is 0 Å². The van der Waals surface area contributed by atoms with E-state index in [-0.39, 0.29) is 0 Å². The first-order valence-corrected chi connectivity index (χ1v) is 8.16. The van der Waals surface area contributed by atoms with E-state index in [0.29, 0.717) is 33.3 Å². The normalized spacial score (nSPS) is 16.6. The average Bonchev–Trinajstić information content (AvgIpc) is 2.84. The zero-order chi connectivity index (χ0) is 13.9. The monoisotopic (exact) mass is 290 g/mol. The highest BCUT2D eigenvalue weighted by molar-refractivity contribution is 7.99. The zero-order valence-electron chi connectivity index (χ0n) is 11.3. The SMILES string of the molecule is O=C(O)c1c(CSC2CCCCC2)oc2ccccc12. The van der Waals surface area contributed by atoms with E-state index in [4.69, 9.17) is 4.42 Å². The van der Waals surface area contributed by atoms with Gasteiger partial charge in [0.25, 0.3) is 0 Å². The van der Waals surface area contributed by atoms with E-state index < -0.39 is 5.97 Å². The van der Waals surface area contributed by atoms with E-state index in [0.717, 1.165) is 0 Å². The molecule has 1 heterocycles. The molecule has 3 nitrogen and oxygen atoms in total. The fraction of sp³-hybridized carbons (Fsp3) is 0.438. The fourth-order valence-corrected chi connectivity index (χ4v) is 4.11. The highest BCUT2D eigenvalue weighted by atomic mass is 32.2. The van der Waals surface area contributed by atoms with Crippen LogP contribution in [0.3, 0.4) is 0 Å². The molecular weight excluding hydrogens is 272 g/mol. The number of thioether (sulfide) groups is 1. The van der Waals surface area contributed by atoms with Crippen molar-refractivity contribution in [3.8, 4) is 0 Å². The molecule has 106 valence electrons. The topological polar surface area (TPSA) is 50.4 Å². The van der Waals surface area contributed by atoms with Crippen molar-refractivity contribution in [1.82, 2.24) is 0 Å². The molecule has 1 aromatic carbocycles. The summed E-state index contributed by atoms with van der Waals surface area (Å²) in [6, 6.07) is 7.37. The Morgan fingerprint density at radius 1 is 1.25 bits per heavy atom. The minimum absolute atomic E-state index is 0.337. The third-order valence-electron chi connectivity index (χ3n) is 3.88. The number of fused-ring (bicyclic) bond motifs is 1. The van der Waals surface area contributed by atoms with E-state index in [1.807, 2.05) is 36.0 Å². The molecule has 0 atom stereocenters. The fourth-order valence-electron chi connectivity index (χ4n) is 2.86. The van der Waals surface area contributed by atoms with Crippen LogP contribution < -0.4 is 0 Å². The largest absolute Gasteiger partial charge is 0.478 e. The number of hydrogen-bond acceptors (Lipinski definition) is 3. The smallest absolute Gasteiger partial charge is 0.339 e. The number of aromatic carboxylic acids is 1. The van der Waals surface area contributed by atoms with Crippen LogP contribution in [0.25, 0.3) is 11.0 Å². The lowest BCUT2D eigenvalue weighted by Gasteiger charge is -2.20. The van der Waals surface area contributed by atoms with Crippen LogP contribution in [0.2, 0.25) is 0 Å². The molecule has 1 aliphatic carbocycles. The molecule has 1 saturated carbocycles. The maximum atomic E-state index is 11.5. The Morgan fingerprint density at radius 2 is 2.00 bits per heavy atom. The summed E-state index contributed by atoms with van der Waals surface area (Å²) in [4.78, 5) is 11.5. The van der Waals surface area contributed by atoms with Gasteiger partial charge in [0.1, 0.15) is 16.9 Å². The number of hydrogen-bond donors (Lipinski definition) is 1. The molecule has 0 aliphatic heterocycles. The number of carboxylic acid groups (broad SMARTS) is 1. The van der Waals surface area contributed by atoms with Crippen molar-refractivity contribution in [3.05, 3.63) is 35.6 Å². The molecule has 20 heavy (non-hydrogen) atoms. The van der Waals surface area contributed by atoms with Gasteiger partial charge < -0.3 is 9.52 Å². The maximum absolute atomic E-state index is 11.5. The minimum atomic E-state index is -0.894. The highest BCUT2D eigenvalue weighted by Gasteiger charge is 2.21. The van der Waals surface area contributed by atoms with Crippen LogP contribution in [-0.4, -0.2) is 16.3 Å². The van der Waals surface area contributed by atoms with Gasteiger partial charge in [-0.2, -0.15) is 11.8 Å². The summed E-state index contributed by atoms with van der Waals surface area (Å²) in [5, 5.41) is 10.8. The van der Waals surface area contributed by atoms with Crippen LogP contribution in [-0.2, 0) is 5.75 Å². The lowest BCUT2D eigenvalue weighted by Crippen LogP contribution is -2.08. The van der Waals surface area contributed by atoms with Gasteiger partial charge in [0, 0.05) is 10.6 Å². The summed E-state index contributed by atoms with van der Waals surface area (Å²) in [5.41, 5.74) is 1.01. The van der Waals surface area contributed by atoms with Gasteiger partial charge in [0.2, 0.25) is 0 Å². The van der Waals surface area contributed by atoms with Gasteiger partial charge in [-0.25, -0.2) is 4.79 Å². The van der Waals surface area contributed by atoms with Gasteiger partial charge in [-0.05, 0) is 18.9 Å². The lowest BCUT2D eigenvalue weighted by molar-refractivity contribution is 0.0697. The quantitative estimate of drug-likeness (QED) is 0.887. The maximum Gasteiger partial charge on any atom is 0.339 e. The Bertz CT molecular complexity index is 611.